The molecule has 5 rings (SSSR count). The second kappa shape index (κ2) is 6.05. The molecule has 0 bridgehead atoms. The number of ether oxygens (including phenoxy) is 1. The van der Waals surface area contributed by atoms with Gasteiger partial charge in [0.2, 0.25) is 5.88 Å². The summed E-state index contributed by atoms with van der Waals surface area (Å²) in [4.78, 5) is 16.7. The van der Waals surface area contributed by atoms with E-state index in [9.17, 15) is 9.90 Å². The van der Waals surface area contributed by atoms with E-state index in [4.69, 9.17) is 4.74 Å². The van der Waals surface area contributed by atoms with E-state index in [1.165, 1.54) is 4.57 Å². The van der Waals surface area contributed by atoms with Gasteiger partial charge in [-0.3, -0.25) is 9.13 Å². The number of aromatic amines is 1. The van der Waals surface area contributed by atoms with Gasteiger partial charge in [-0.05, 0) is 36.2 Å². The fraction of sp³-hybridized carbons (Fsp3) is 0.227. The van der Waals surface area contributed by atoms with Crippen LogP contribution in [0.5, 0.6) is 11.6 Å². The number of nitrogens with one attached hydrogen (secondary N) is 1. The Labute approximate surface area is 161 Å². The third kappa shape index (κ3) is 2.17. The number of hydrogen-bond acceptors (Lipinski definition) is 3. The Morgan fingerprint density at radius 1 is 1.18 bits per heavy atom. The number of hydrogen-bond donors (Lipinski definition) is 2. The zero-order valence-corrected chi connectivity index (χ0v) is 15.8. The molecule has 1 aliphatic heterocycles. The number of aromatic nitrogens is 3. The third-order valence-electron chi connectivity index (χ3n) is 5.71. The van der Waals surface area contributed by atoms with Crippen LogP contribution in [0.3, 0.4) is 0 Å². The fourth-order valence-corrected chi connectivity index (χ4v) is 4.36. The van der Waals surface area contributed by atoms with Crippen LogP contribution < -0.4 is 10.4 Å². The van der Waals surface area contributed by atoms with Crippen molar-refractivity contribution in [2.24, 2.45) is 0 Å². The first kappa shape index (κ1) is 16.7. The van der Waals surface area contributed by atoms with Gasteiger partial charge in [-0.1, -0.05) is 30.3 Å². The van der Waals surface area contributed by atoms with Crippen molar-refractivity contribution in [2.75, 3.05) is 7.11 Å². The van der Waals surface area contributed by atoms with Gasteiger partial charge in [0.1, 0.15) is 11.8 Å². The highest BCUT2D eigenvalue weighted by atomic mass is 16.5. The summed E-state index contributed by atoms with van der Waals surface area (Å²) >= 11 is 0. The van der Waals surface area contributed by atoms with Gasteiger partial charge < -0.3 is 14.8 Å². The van der Waals surface area contributed by atoms with E-state index >= 15 is 0 Å². The number of para-hydroxylation sites is 1. The van der Waals surface area contributed by atoms with Crippen molar-refractivity contribution in [1.29, 1.82) is 0 Å². The molecule has 2 N–H and O–H groups in total. The Hall–Kier alpha value is -3.41. The van der Waals surface area contributed by atoms with Crippen molar-refractivity contribution in [3.63, 3.8) is 0 Å². The van der Waals surface area contributed by atoms with E-state index in [2.05, 4.69) is 11.1 Å². The van der Waals surface area contributed by atoms with Gasteiger partial charge in [0, 0.05) is 29.6 Å². The minimum absolute atomic E-state index is 0.0574. The Morgan fingerprint density at radius 3 is 2.64 bits per heavy atom. The highest BCUT2D eigenvalue weighted by molar-refractivity contribution is 5.86. The van der Waals surface area contributed by atoms with Crippen LogP contribution in [0.2, 0.25) is 0 Å². The van der Waals surface area contributed by atoms with Gasteiger partial charge in [0.15, 0.2) is 0 Å². The van der Waals surface area contributed by atoms with E-state index in [1.807, 2.05) is 49.4 Å². The lowest BCUT2D eigenvalue weighted by atomic mass is 9.93. The van der Waals surface area contributed by atoms with Gasteiger partial charge in [-0.15, -0.1) is 0 Å². The summed E-state index contributed by atoms with van der Waals surface area (Å²) in [7, 11) is 1.63. The van der Waals surface area contributed by atoms with Crippen LogP contribution in [0.15, 0.2) is 53.3 Å². The Morgan fingerprint density at radius 2 is 1.93 bits per heavy atom. The normalized spacial score (nSPS) is 15.4. The molecule has 0 fully saturated rings. The summed E-state index contributed by atoms with van der Waals surface area (Å²) in [5, 5.41) is 11.9. The van der Waals surface area contributed by atoms with Crippen LogP contribution in [0.1, 0.15) is 35.5 Å². The van der Waals surface area contributed by atoms with Gasteiger partial charge in [-0.25, -0.2) is 4.79 Å². The van der Waals surface area contributed by atoms with E-state index < -0.39 is 0 Å². The quantitative estimate of drug-likeness (QED) is 0.508. The first-order chi connectivity index (χ1) is 13.6. The molecule has 0 amide bonds. The Bertz CT molecular complexity index is 1240. The van der Waals surface area contributed by atoms with Gasteiger partial charge in [0.25, 0.3) is 0 Å². The maximum atomic E-state index is 13.1. The lowest BCUT2D eigenvalue weighted by Crippen LogP contribution is -2.32. The predicted octanol–water partition coefficient (Wildman–Crippen LogP) is 3.41. The largest absolute Gasteiger partial charge is 0.497 e. The number of benzene rings is 2. The molecule has 0 saturated heterocycles. The summed E-state index contributed by atoms with van der Waals surface area (Å²) < 4.78 is 8.44. The Kier molecular flexibility index (Phi) is 3.62. The van der Waals surface area contributed by atoms with E-state index in [0.717, 1.165) is 33.5 Å². The number of H-pyrrole nitrogens is 1. The molecule has 0 spiro atoms. The van der Waals surface area contributed by atoms with E-state index in [1.54, 1.807) is 11.7 Å². The van der Waals surface area contributed by atoms with Gasteiger partial charge in [-0.2, -0.15) is 0 Å². The fourth-order valence-electron chi connectivity index (χ4n) is 4.36. The van der Waals surface area contributed by atoms with Crippen LogP contribution in [0.25, 0.3) is 10.9 Å². The lowest BCUT2D eigenvalue weighted by Gasteiger charge is -2.26. The molecule has 28 heavy (non-hydrogen) atoms. The number of nitrogens with zero attached hydrogens (tertiary/aromatic N) is 2. The summed E-state index contributed by atoms with van der Waals surface area (Å²) in [6.45, 7) is 2.29. The number of aromatic hydroxyl groups is 1. The summed E-state index contributed by atoms with van der Waals surface area (Å²) in [6.07, 6.45) is 0.514. The van der Waals surface area contributed by atoms with Crippen LogP contribution in [0.4, 0.5) is 0 Å². The maximum absolute atomic E-state index is 13.1. The van der Waals surface area contributed by atoms with Crippen molar-refractivity contribution in [1.82, 2.24) is 14.1 Å². The minimum Gasteiger partial charge on any atom is -0.497 e. The third-order valence-corrected chi connectivity index (χ3v) is 5.71. The molecule has 142 valence electrons. The highest BCUT2D eigenvalue weighted by Gasteiger charge is 2.35. The molecule has 0 radical (unpaired) electrons. The van der Waals surface area contributed by atoms with Gasteiger partial charge >= 0.3 is 5.69 Å². The molecular weight excluding hydrogens is 354 g/mol. The van der Waals surface area contributed by atoms with Crippen LogP contribution in [-0.4, -0.2) is 26.3 Å². The first-order valence-electron chi connectivity index (χ1n) is 9.40. The molecule has 2 aromatic carbocycles. The van der Waals surface area contributed by atoms with Crippen LogP contribution >= 0.6 is 0 Å². The van der Waals surface area contributed by atoms with Crippen LogP contribution in [-0.2, 0) is 13.0 Å². The monoisotopic (exact) mass is 375 g/mol. The number of methoxy groups -OCH3 is 1. The SMILES string of the molecule is CCn1c(O)c2n(c1=O)[C@@H](c1ccc(OC)cc1)c1[nH]c3ccccc3c1C2. The molecular formula is C22H21N3O3. The molecule has 2 aromatic heterocycles. The summed E-state index contributed by atoms with van der Waals surface area (Å²) in [6, 6.07) is 15.5. The van der Waals surface area contributed by atoms with E-state index in [0.29, 0.717) is 18.7 Å². The Balaban J connectivity index is 1.82. The second-order valence-corrected chi connectivity index (χ2v) is 7.08. The molecule has 3 heterocycles. The number of rotatable bonds is 3. The summed E-state index contributed by atoms with van der Waals surface area (Å²) in [5.74, 6) is 0.819. The number of imidazole rings is 1. The lowest BCUT2D eigenvalue weighted by molar-refractivity contribution is 0.413. The standard InChI is InChI=1S/C22H21N3O3/c1-3-24-21(26)18-12-16-15-6-4-5-7-17(15)23-19(16)20(25(18)22(24)27)13-8-10-14(28-2)11-9-13/h4-11,20,23,26H,3,12H2,1-2H3/t20-/m0/s1. The van der Waals surface area contributed by atoms with Crippen molar-refractivity contribution >= 4 is 10.9 Å². The molecule has 1 aliphatic rings. The average molecular weight is 375 g/mol. The van der Waals surface area contributed by atoms with Crippen molar-refractivity contribution < 1.29 is 9.84 Å². The topological polar surface area (TPSA) is 72.2 Å². The van der Waals surface area contributed by atoms with Crippen LogP contribution in [0, 0.1) is 0 Å². The highest BCUT2D eigenvalue weighted by Crippen LogP contribution is 2.40. The zero-order chi connectivity index (χ0) is 19.4. The molecule has 1 atom stereocenters. The molecule has 0 saturated carbocycles. The number of fused-ring (bicyclic) bond motifs is 4. The van der Waals surface area contributed by atoms with Crippen molar-refractivity contribution in [3.8, 4) is 11.6 Å². The van der Waals surface area contributed by atoms with Crippen molar-refractivity contribution in [3.05, 3.63) is 81.5 Å². The maximum Gasteiger partial charge on any atom is 0.332 e. The molecule has 0 unspecified atom stereocenters. The van der Waals surface area contributed by atoms with Crippen molar-refractivity contribution in [2.45, 2.75) is 25.9 Å². The molecule has 4 aromatic rings. The zero-order valence-electron chi connectivity index (χ0n) is 15.8. The minimum atomic E-state index is -0.330. The second-order valence-electron chi connectivity index (χ2n) is 7.08. The smallest absolute Gasteiger partial charge is 0.332 e. The molecule has 0 aliphatic carbocycles. The predicted molar refractivity (Wildman–Crippen MR) is 107 cm³/mol. The summed E-state index contributed by atoms with van der Waals surface area (Å²) in [5.41, 5.74) is 4.58. The average Bonchev–Trinajstić information content (AvgIpc) is 3.21. The molecule has 6 heteroatoms. The molecule has 6 nitrogen and oxygen atoms in total. The van der Waals surface area contributed by atoms with Gasteiger partial charge in [0.05, 0.1) is 12.8 Å². The first-order valence-corrected chi connectivity index (χ1v) is 9.40. The van der Waals surface area contributed by atoms with E-state index in [-0.39, 0.29) is 17.6 Å².